The third-order valence-electron chi connectivity index (χ3n) is 2.46. The van der Waals surface area contributed by atoms with Gasteiger partial charge in [-0.3, -0.25) is 0 Å². The molecule has 76 valence electrons. The maximum absolute atomic E-state index is 6.38. The molecule has 0 aliphatic carbocycles. The van der Waals surface area contributed by atoms with E-state index in [1.54, 1.807) is 0 Å². The number of halogens is 1. The number of alkyl halides is 1. The standard InChI is InChI=1S/C14H13Cl/c1-11-7-9-13(10-8-11)14(15)12-5-3-2-4-6-12/h2-10,14H,1H3/t14-/m0/s1. The summed E-state index contributed by atoms with van der Waals surface area (Å²) < 4.78 is 0. The Balaban J connectivity index is 2.29. The fourth-order valence-corrected chi connectivity index (χ4v) is 1.84. The number of aryl methyl sites for hydroxylation is 1. The second-order valence-corrected chi connectivity index (χ2v) is 4.12. The molecular weight excluding hydrogens is 204 g/mol. The molecule has 0 saturated heterocycles. The molecule has 0 aliphatic rings. The fourth-order valence-electron chi connectivity index (χ4n) is 1.55. The predicted octanol–water partition coefficient (Wildman–Crippen LogP) is 4.32. The summed E-state index contributed by atoms with van der Waals surface area (Å²) in [7, 11) is 0. The second-order valence-electron chi connectivity index (χ2n) is 3.68. The van der Waals surface area contributed by atoms with Crippen LogP contribution in [0.2, 0.25) is 0 Å². The maximum Gasteiger partial charge on any atom is 0.0835 e. The first kappa shape index (κ1) is 10.3. The van der Waals surface area contributed by atoms with Crippen molar-refractivity contribution < 1.29 is 0 Å². The molecule has 1 atom stereocenters. The maximum atomic E-state index is 6.38. The van der Waals surface area contributed by atoms with Gasteiger partial charge in [-0.05, 0) is 18.1 Å². The molecule has 0 nitrogen and oxygen atoms in total. The molecule has 0 amide bonds. The number of rotatable bonds is 2. The van der Waals surface area contributed by atoms with Crippen LogP contribution in [0.4, 0.5) is 0 Å². The molecule has 0 unspecified atom stereocenters. The summed E-state index contributed by atoms with van der Waals surface area (Å²) in [5.41, 5.74) is 3.55. The van der Waals surface area contributed by atoms with Gasteiger partial charge in [-0.15, -0.1) is 11.6 Å². The number of benzene rings is 2. The minimum Gasteiger partial charge on any atom is -0.113 e. The molecule has 0 fully saturated rings. The molecule has 0 aromatic heterocycles. The van der Waals surface area contributed by atoms with Gasteiger partial charge in [-0.25, -0.2) is 0 Å². The van der Waals surface area contributed by atoms with Crippen LogP contribution in [0.5, 0.6) is 0 Å². The third kappa shape index (κ3) is 2.40. The molecule has 0 radical (unpaired) electrons. The van der Waals surface area contributed by atoms with Crippen LogP contribution in [0.25, 0.3) is 0 Å². The monoisotopic (exact) mass is 216 g/mol. The zero-order chi connectivity index (χ0) is 10.7. The van der Waals surface area contributed by atoms with E-state index < -0.39 is 0 Å². The average molecular weight is 217 g/mol. The van der Waals surface area contributed by atoms with Crippen molar-refractivity contribution in [2.24, 2.45) is 0 Å². The minimum absolute atomic E-state index is 0.0493. The van der Waals surface area contributed by atoms with Gasteiger partial charge in [-0.2, -0.15) is 0 Å². The molecular formula is C14H13Cl. The topological polar surface area (TPSA) is 0 Å². The van der Waals surface area contributed by atoms with Gasteiger partial charge in [0, 0.05) is 0 Å². The van der Waals surface area contributed by atoms with E-state index >= 15 is 0 Å². The van der Waals surface area contributed by atoms with Gasteiger partial charge in [0.25, 0.3) is 0 Å². The summed E-state index contributed by atoms with van der Waals surface area (Å²) in [6, 6.07) is 18.5. The molecule has 2 aromatic rings. The van der Waals surface area contributed by atoms with Gasteiger partial charge in [0.1, 0.15) is 0 Å². The van der Waals surface area contributed by atoms with Crippen molar-refractivity contribution in [3.63, 3.8) is 0 Å². The molecule has 15 heavy (non-hydrogen) atoms. The van der Waals surface area contributed by atoms with Gasteiger partial charge in [0.2, 0.25) is 0 Å². The van der Waals surface area contributed by atoms with E-state index in [1.807, 2.05) is 18.2 Å². The van der Waals surface area contributed by atoms with E-state index in [-0.39, 0.29) is 5.38 Å². The van der Waals surface area contributed by atoms with Crippen molar-refractivity contribution in [2.45, 2.75) is 12.3 Å². The van der Waals surface area contributed by atoms with Gasteiger partial charge in [-0.1, -0.05) is 60.2 Å². The third-order valence-corrected chi connectivity index (χ3v) is 2.97. The second kappa shape index (κ2) is 4.50. The minimum atomic E-state index is -0.0493. The lowest BCUT2D eigenvalue weighted by Gasteiger charge is -2.10. The quantitative estimate of drug-likeness (QED) is 0.656. The molecule has 1 heteroatoms. The SMILES string of the molecule is Cc1ccc([C@@H](Cl)c2ccccc2)cc1. The van der Waals surface area contributed by atoms with Crippen LogP contribution in [0.15, 0.2) is 54.6 Å². The van der Waals surface area contributed by atoms with Crippen LogP contribution in [-0.4, -0.2) is 0 Å². The van der Waals surface area contributed by atoms with E-state index in [4.69, 9.17) is 11.6 Å². The lowest BCUT2D eigenvalue weighted by Crippen LogP contribution is -1.92. The van der Waals surface area contributed by atoms with Crippen molar-refractivity contribution >= 4 is 11.6 Å². The van der Waals surface area contributed by atoms with Crippen LogP contribution in [0.3, 0.4) is 0 Å². The first-order valence-corrected chi connectivity index (χ1v) is 5.46. The van der Waals surface area contributed by atoms with Gasteiger partial charge in [0.05, 0.1) is 5.38 Å². The molecule has 2 rings (SSSR count). The van der Waals surface area contributed by atoms with E-state index in [2.05, 4.69) is 43.3 Å². The summed E-state index contributed by atoms with van der Waals surface area (Å²) in [5, 5.41) is -0.0493. The Morgan fingerprint density at radius 3 is 1.93 bits per heavy atom. The molecule has 0 spiro atoms. The van der Waals surface area contributed by atoms with E-state index in [9.17, 15) is 0 Å². The lowest BCUT2D eigenvalue weighted by molar-refractivity contribution is 1.14. The lowest BCUT2D eigenvalue weighted by atomic mass is 10.0. The van der Waals surface area contributed by atoms with Crippen molar-refractivity contribution in [3.8, 4) is 0 Å². The highest BCUT2D eigenvalue weighted by Gasteiger charge is 2.08. The Labute approximate surface area is 95.5 Å². The van der Waals surface area contributed by atoms with E-state index in [0.29, 0.717) is 0 Å². The molecule has 0 saturated carbocycles. The highest BCUT2D eigenvalue weighted by atomic mass is 35.5. The van der Waals surface area contributed by atoms with Gasteiger partial charge < -0.3 is 0 Å². The smallest absolute Gasteiger partial charge is 0.0835 e. The van der Waals surface area contributed by atoms with E-state index in [1.165, 1.54) is 5.56 Å². The number of hydrogen-bond donors (Lipinski definition) is 0. The Morgan fingerprint density at radius 1 is 0.800 bits per heavy atom. The zero-order valence-corrected chi connectivity index (χ0v) is 9.41. The van der Waals surface area contributed by atoms with Crippen LogP contribution in [-0.2, 0) is 0 Å². The fraction of sp³-hybridized carbons (Fsp3) is 0.143. The normalized spacial score (nSPS) is 12.4. The highest BCUT2D eigenvalue weighted by molar-refractivity contribution is 6.22. The first-order chi connectivity index (χ1) is 7.27. The summed E-state index contributed by atoms with van der Waals surface area (Å²) >= 11 is 6.38. The summed E-state index contributed by atoms with van der Waals surface area (Å²) in [5.74, 6) is 0. The van der Waals surface area contributed by atoms with Crippen LogP contribution in [0.1, 0.15) is 22.1 Å². The van der Waals surface area contributed by atoms with Crippen LogP contribution < -0.4 is 0 Å². The molecule has 0 heterocycles. The first-order valence-electron chi connectivity index (χ1n) is 5.03. The highest BCUT2D eigenvalue weighted by Crippen LogP contribution is 2.28. The molecule has 2 aromatic carbocycles. The van der Waals surface area contributed by atoms with Crippen LogP contribution >= 0.6 is 11.6 Å². The van der Waals surface area contributed by atoms with Crippen LogP contribution in [0, 0.1) is 6.92 Å². The Morgan fingerprint density at radius 2 is 1.33 bits per heavy atom. The van der Waals surface area contributed by atoms with E-state index in [0.717, 1.165) is 11.1 Å². The summed E-state index contributed by atoms with van der Waals surface area (Å²) in [6.45, 7) is 2.08. The van der Waals surface area contributed by atoms with Crippen molar-refractivity contribution in [3.05, 3.63) is 71.3 Å². The Kier molecular flexibility index (Phi) is 3.08. The van der Waals surface area contributed by atoms with Crippen molar-refractivity contribution in [2.75, 3.05) is 0 Å². The summed E-state index contributed by atoms with van der Waals surface area (Å²) in [6.07, 6.45) is 0. The van der Waals surface area contributed by atoms with Crippen molar-refractivity contribution in [1.82, 2.24) is 0 Å². The Hall–Kier alpha value is -1.27. The van der Waals surface area contributed by atoms with Crippen molar-refractivity contribution in [1.29, 1.82) is 0 Å². The predicted molar refractivity (Wildman–Crippen MR) is 65.3 cm³/mol. The Bertz CT molecular complexity index is 417. The number of hydrogen-bond acceptors (Lipinski definition) is 0. The van der Waals surface area contributed by atoms with Gasteiger partial charge >= 0.3 is 0 Å². The molecule has 0 bridgehead atoms. The largest absolute Gasteiger partial charge is 0.113 e. The average Bonchev–Trinajstić information content (AvgIpc) is 2.30. The molecule has 0 N–H and O–H groups in total. The molecule has 0 aliphatic heterocycles. The van der Waals surface area contributed by atoms with Gasteiger partial charge in [0.15, 0.2) is 0 Å². The zero-order valence-electron chi connectivity index (χ0n) is 8.65. The summed E-state index contributed by atoms with van der Waals surface area (Å²) in [4.78, 5) is 0.